The van der Waals surface area contributed by atoms with Gasteiger partial charge in [0.05, 0.1) is 17.8 Å². The Morgan fingerprint density at radius 3 is 2.60 bits per heavy atom. The number of rotatable bonds is 12. The van der Waals surface area contributed by atoms with Gasteiger partial charge in [-0.1, -0.05) is 29.8 Å². The molecule has 1 N–H and O–H groups in total. The molecule has 42 heavy (non-hydrogen) atoms. The van der Waals surface area contributed by atoms with Gasteiger partial charge in [0.15, 0.2) is 0 Å². The van der Waals surface area contributed by atoms with Crippen LogP contribution in [0.15, 0.2) is 71.7 Å². The van der Waals surface area contributed by atoms with E-state index in [0.29, 0.717) is 43.9 Å². The van der Waals surface area contributed by atoms with Gasteiger partial charge in [-0.2, -0.15) is 0 Å². The summed E-state index contributed by atoms with van der Waals surface area (Å²) in [7, 11) is 3.03. The third kappa shape index (κ3) is 6.13. The van der Waals surface area contributed by atoms with Crippen molar-refractivity contribution < 1.29 is 31.8 Å². The van der Waals surface area contributed by atoms with Gasteiger partial charge in [-0.25, -0.2) is 4.39 Å². The summed E-state index contributed by atoms with van der Waals surface area (Å²) >= 11 is 3.92. The summed E-state index contributed by atoms with van der Waals surface area (Å²) in [5, 5.41) is 3.60. The molecule has 0 saturated heterocycles. The van der Waals surface area contributed by atoms with Crippen LogP contribution in [0, 0.1) is 5.82 Å². The molecule has 1 saturated carbocycles. The molecule has 0 radical (unpaired) electrons. The van der Waals surface area contributed by atoms with E-state index in [0.717, 1.165) is 18.4 Å². The van der Waals surface area contributed by atoms with Gasteiger partial charge >= 0.3 is 0 Å². The zero-order chi connectivity index (χ0) is 30.0. The monoisotopic (exact) mass is 611 g/mol. The van der Waals surface area contributed by atoms with Gasteiger partial charge in [0.2, 0.25) is 0 Å². The van der Waals surface area contributed by atoms with E-state index >= 15 is 0 Å². The predicted octanol–water partition coefficient (Wildman–Crippen LogP) is 6.78. The van der Waals surface area contributed by atoms with Crippen molar-refractivity contribution in [2.75, 3.05) is 25.3 Å². The van der Waals surface area contributed by atoms with E-state index in [2.05, 4.69) is 11.9 Å². The molecule has 1 aromatic heterocycles. The predicted molar refractivity (Wildman–Crippen MR) is 159 cm³/mol. The maximum atomic E-state index is 13.6. The van der Waals surface area contributed by atoms with E-state index in [1.54, 1.807) is 30.3 Å². The molecular formula is C31H29ClFN2O6S-. The standard InChI is InChI=1S/C31H30ClFN2O6S/c1-4-27(40-17-39-3)22-12-5-18(13-25(22)32)16-35(42(37)38)26-15-28-24(14-23(26)19-6-7-19)29(31(36)34-2)30(41-28)20-8-10-21(33)11-9-20/h4-5,8-15,19,27H,1,6-7,16-17H2,2-3H3,(H,34,36)(H,37,38)/p-1. The third-order valence-electron chi connectivity index (χ3n) is 7.14. The number of ether oxygens (including phenoxy) is 2. The van der Waals surface area contributed by atoms with Crippen molar-refractivity contribution in [3.8, 4) is 11.3 Å². The number of anilines is 1. The molecular weight excluding hydrogens is 583 g/mol. The highest BCUT2D eigenvalue weighted by atomic mass is 35.5. The number of nitrogens with zero attached hydrogens (tertiary/aromatic N) is 1. The second-order valence-corrected chi connectivity index (χ2v) is 11.2. The van der Waals surface area contributed by atoms with Crippen molar-refractivity contribution in [1.29, 1.82) is 0 Å². The van der Waals surface area contributed by atoms with Crippen LogP contribution in [0.4, 0.5) is 10.1 Å². The highest BCUT2D eigenvalue weighted by molar-refractivity contribution is 7.80. The lowest BCUT2D eigenvalue weighted by Gasteiger charge is -2.29. The molecule has 4 aromatic rings. The highest BCUT2D eigenvalue weighted by Gasteiger charge is 2.31. The summed E-state index contributed by atoms with van der Waals surface area (Å²) in [6, 6.07) is 14.4. The lowest BCUT2D eigenvalue weighted by atomic mass is 10.00. The van der Waals surface area contributed by atoms with Crippen LogP contribution in [-0.2, 0) is 27.3 Å². The molecule has 5 rings (SSSR count). The van der Waals surface area contributed by atoms with Gasteiger partial charge in [0, 0.05) is 53.0 Å². The smallest absolute Gasteiger partial charge is 0.255 e. The molecule has 3 aromatic carbocycles. The summed E-state index contributed by atoms with van der Waals surface area (Å²) < 4.78 is 57.0. The van der Waals surface area contributed by atoms with Crippen LogP contribution in [0.5, 0.6) is 0 Å². The van der Waals surface area contributed by atoms with Crippen molar-refractivity contribution in [3.63, 3.8) is 0 Å². The number of methoxy groups -OCH3 is 1. The largest absolute Gasteiger partial charge is 0.755 e. The molecule has 2 unspecified atom stereocenters. The quantitative estimate of drug-likeness (QED) is 0.108. The van der Waals surface area contributed by atoms with Crippen molar-refractivity contribution in [2.24, 2.45) is 0 Å². The molecule has 2 atom stereocenters. The van der Waals surface area contributed by atoms with Gasteiger partial charge in [0.1, 0.15) is 30.1 Å². The molecule has 1 aliphatic carbocycles. The molecule has 1 amide bonds. The first kappa shape index (κ1) is 29.9. The summed E-state index contributed by atoms with van der Waals surface area (Å²) in [5.74, 6) is -0.380. The normalized spacial score (nSPS) is 14.5. The Kier molecular flexibility index (Phi) is 9.10. The van der Waals surface area contributed by atoms with Gasteiger partial charge < -0.3 is 23.8 Å². The Morgan fingerprint density at radius 2 is 2.00 bits per heavy atom. The SMILES string of the molecule is C=CC(OCOC)c1ccc(CN(c2cc3oc(-c4ccc(F)cc4)c(C(=O)NC)c3cc2C2CC2)S(=O)[O-])cc1Cl. The van der Waals surface area contributed by atoms with Crippen molar-refractivity contribution >= 4 is 45.4 Å². The Hall–Kier alpha value is -3.54. The summed E-state index contributed by atoms with van der Waals surface area (Å²) in [4.78, 5) is 13.0. The Labute approximate surface area is 250 Å². The summed E-state index contributed by atoms with van der Waals surface area (Å²) in [6.07, 6.45) is 2.89. The molecule has 1 fully saturated rings. The number of hydrogen-bond donors (Lipinski definition) is 1. The topological polar surface area (TPSA) is 104 Å². The van der Waals surface area contributed by atoms with Gasteiger partial charge in [0.25, 0.3) is 5.91 Å². The number of furan rings is 1. The van der Waals surface area contributed by atoms with Gasteiger partial charge in [-0.05, 0) is 66.3 Å². The van der Waals surface area contributed by atoms with Gasteiger partial charge in [-0.3, -0.25) is 13.3 Å². The molecule has 0 spiro atoms. The number of benzene rings is 3. The summed E-state index contributed by atoms with van der Waals surface area (Å²) in [6.45, 7) is 3.85. The van der Waals surface area contributed by atoms with E-state index in [9.17, 15) is 17.9 Å². The van der Waals surface area contributed by atoms with Crippen LogP contribution in [0.3, 0.4) is 0 Å². The molecule has 1 heterocycles. The Bertz CT molecular complexity index is 1650. The van der Waals surface area contributed by atoms with Crippen LogP contribution in [0.1, 0.15) is 51.9 Å². The highest BCUT2D eigenvalue weighted by Crippen LogP contribution is 2.48. The van der Waals surface area contributed by atoms with Crippen LogP contribution >= 0.6 is 11.6 Å². The maximum absolute atomic E-state index is 13.6. The van der Waals surface area contributed by atoms with Crippen LogP contribution < -0.4 is 9.62 Å². The van der Waals surface area contributed by atoms with Gasteiger partial charge in [-0.15, -0.1) is 6.58 Å². The van der Waals surface area contributed by atoms with Crippen LogP contribution in [-0.4, -0.2) is 35.6 Å². The second-order valence-electron chi connectivity index (χ2n) is 9.91. The first-order valence-electron chi connectivity index (χ1n) is 13.2. The number of fused-ring (bicyclic) bond motifs is 1. The van der Waals surface area contributed by atoms with E-state index in [4.69, 9.17) is 25.5 Å². The van der Waals surface area contributed by atoms with E-state index < -0.39 is 23.2 Å². The Balaban J connectivity index is 1.58. The lowest BCUT2D eigenvalue weighted by Crippen LogP contribution is -2.26. The van der Waals surface area contributed by atoms with Crippen LogP contribution in [0.25, 0.3) is 22.3 Å². The number of hydrogen-bond acceptors (Lipinski definition) is 6. The van der Waals surface area contributed by atoms with Crippen molar-refractivity contribution in [1.82, 2.24) is 5.32 Å². The molecule has 8 nitrogen and oxygen atoms in total. The minimum atomic E-state index is -2.65. The number of nitrogens with one attached hydrogen (secondary N) is 1. The number of carbonyl (C=O) groups excluding carboxylic acids is 1. The van der Waals surface area contributed by atoms with E-state index in [1.165, 1.54) is 42.7 Å². The fourth-order valence-corrected chi connectivity index (χ4v) is 5.83. The first-order valence-corrected chi connectivity index (χ1v) is 14.6. The van der Waals surface area contributed by atoms with E-state index in [1.807, 2.05) is 6.07 Å². The Morgan fingerprint density at radius 1 is 1.26 bits per heavy atom. The molecule has 0 aliphatic heterocycles. The van der Waals surface area contributed by atoms with E-state index in [-0.39, 0.29) is 30.9 Å². The zero-order valence-electron chi connectivity index (χ0n) is 23.0. The summed E-state index contributed by atoms with van der Waals surface area (Å²) in [5.41, 5.74) is 3.74. The minimum absolute atomic E-state index is 0.00680. The average molecular weight is 612 g/mol. The number of halogens is 2. The zero-order valence-corrected chi connectivity index (χ0v) is 24.6. The molecule has 0 bridgehead atoms. The first-order chi connectivity index (χ1) is 20.2. The average Bonchev–Trinajstić information content (AvgIpc) is 3.76. The van der Waals surface area contributed by atoms with Crippen molar-refractivity contribution in [3.05, 3.63) is 100 Å². The molecule has 11 heteroatoms. The third-order valence-corrected chi connectivity index (χ3v) is 8.15. The maximum Gasteiger partial charge on any atom is 0.255 e. The molecule has 1 aliphatic rings. The number of amides is 1. The molecule has 220 valence electrons. The van der Waals surface area contributed by atoms with Crippen molar-refractivity contribution in [2.45, 2.75) is 31.4 Å². The fraction of sp³-hybridized carbons (Fsp3) is 0.258. The second kappa shape index (κ2) is 12.8. The minimum Gasteiger partial charge on any atom is -0.755 e. The lowest BCUT2D eigenvalue weighted by molar-refractivity contribution is -0.0565. The van der Waals surface area contributed by atoms with Crippen LogP contribution in [0.2, 0.25) is 5.02 Å². The number of carbonyl (C=O) groups is 1. The fourth-order valence-electron chi connectivity index (χ4n) is 4.95.